The molecule has 1 amide bonds. The summed E-state index contributed by atoms with van der Waals surface area (Å²) in [6.45, 7) is 2.68. The Morgan fingerprint density at radius 3 is 2.43 bits per heavy atom. The van der Waals surface area contributed by atoms with Crippen molar-refractivity contribution in [3.05, 3.63) is 83.9 Å². The maximum absolute atomic E-state index is 12.3. The zero-order valence-electron chi connectivity index (χ0n) is 15.4. The van der Waals surface area contributed by atoms with Gasteiger partial charge in [-0.05, 0) is 55.0 Å². The van der Waals surface area contributed by atoms with E-state index in [4.69, 9.17) is 4.74 Å². The smallest absolute Gasteiger partial charge is 0.338 e. The van der Waals surface area contributed by atoms with Gasteiger partial charge in [0.15, 0.2) is 0 Å². The van der Waals surface area contributed by atoms with E-state index in [1.165, 1.54) is 0 Å². The third-order valence-corrected chi connectivity index (χ3v) is 3.87. The Hall–Kier alpha value is -3.74. The number of carbonyl (C=O) groups is 2. The fourth-order valence-corrected chi connectivity index (χ4v) is 2.44. The predicted molar refractivity (Wildman–Crippen MR) is 106 cm³/mol. The minimum Gasteiger partial charge on any atom is -0.462 e. The molecule has 0 spiro atoms. The summed E-state index contributed by atoms with van der Waals surface area (Å²) < 4.78 is 4.93. The number of ether oxygens (including phenoxy) is 1. The van der Waals surface area contributed by atoms with E-state index in [0.29, 0.717) is 30.1 Å². The number of nitrogens with one attached hydrogen (secondary N) is 2. The number of pyridine rings is 2. The zero-order chi connectivity index (χ0) is 19.8. The van der Waals surface area contributed by atoms with E-state index in [-0.39, 0.29) is 5.91 Å². The molecule has 0 radical (unpaired) electrons. The molecule has 0 atom stereocenters. The lowest BCUT2D eigenvalue weighted by Gasteiger charge is -2.08. The molecule has 3 rings (SSSR count). The fourth-order valence-electron chi connectivity index (χ4n) is 2.44. The first-order valence-corrected chi connectivity index (χ1v) is 8.83. The molecule has 2 aromatic heterocycles. The van der Waals surface area contributed by atoms with E-state index in [1.54, 1.807) is 61.9 Å². The van der Waals surface area contributed by atoms with Crippen LogP contribution in [0.3, 0.4) is 0 Å². The Kier molecular flexibility index (Phi) is 6.30. The van der Waals surface area contributed by atoms with Crippen LogP contribution in [-0.4, -0.2) is 28.5 Å². The van der Waals surface area contributed by atoms with Crippen LogP contribution in [0.2, 0.25) is 0 Å². The number of benzene rings is 1. The van der Waals surface area contributed by atoms with Crippen LogP contribution in [0.25, 0.3) is 0 Å². The van der Waals surface area contributed by atoms with Crippen molar-refractivity contribution < 1.29 is 14.3 Å². The summed E-state index contributed by atoms with van der Waals surface area (Å²) in [7, 11) is 0. The summed E-state index contributed by atoms with van der Waals surface area (Å²) in [6, 6.07) is 13.8. The Balaban J connectivity index is 1.56. The molecule has 142 valence electrons. The van der Waals surface area contributed by atoms with Gasteiger partial charge in [0.2, 0.25) is 0 Å². The molecule has 0 saturated heterocycles. The average molecular weight is 376 g/mol. The minimum absolute atomic E-state index is 0.293. The van der Waals surface area contributed by atoms with Crippen molar-refractivity contribution in [3.8, 4) is 0 Å². The number of carbonyl (C=O) groups excluding carboxylic acids is 2. The predicted octanol–water partition coefficient (Wildman–Crippen LogP) is 3.52. The summed E-state index contributed by atoms with van der Waals surface area (Å²) in [5.41, 5.74) is 3.15. The second-order valence-corrected chi connectivity index (χ2v) is 5.90. The number of anilines is 2. The fraction of sp³-hybridized carbons (Fsp3) is 0.143. The molecule has 0 aliphatic heterocycles. The van der Waals surface area contributed by atoms with Gasteiger partial charge in [0.25, 0.3) is 5.91 Å². The molecule has 0 aliphatic carbocycles. The SMILES string of the molecule is CCOC(=O)c1ccc(NC(=O)c2ccc(NCc3cccnc3)cn2)cc1. The van der Waals surface area contributed by atoms with Gasteiger partial charge in [-0.2, -0.15) is 0 Å². The van der Waals surface area contributed by atoms with Gasteiger partial charge >= 0.3 is 5.97 Å². The Morgan fingerprint density at radius 2 is 1.79 bits per heavy atom. The van der Waals surface area contributed by atoms with Crippen molar-refractivity contribution >= 4 is 23.3 Å². The molecule has 7 heteroatoms. The number of esters is 1. The molecule has 2 N–H and O–H groups in total. The van der Waals surface area contributed by atoms with Gasteiger partial charge < -0.3 is 15.4 Å². The Bertz CT molecular complexity index is 926. The van der Waals surface area contributed by atoms with Crippen LogP contribution >= 0.6 is 0 Å². The van der Waals surface area contributed by atoms with Gasteiger partial charge in [0.1, 0.15) is 5.69 Å². The number of nitrogens with zero attached hydrogens (tertiary/aromatic N) is 2. The van der Waals surface area contributed by atoms with Crippen LogP contribution in [0.4, 0.5) is 11.4 Å². The second-order valence-electron chi connectivity index (χ2n) is 5.90. The first-order chi connectivity index (χ1) is 13.7. The number of rotatable bonds is 7. The van der Waals surface area contributed by atoms with Gasteiger partial charge in [-0.25, -0.2) is 9.78 Å². The van der Waals surface area contributed by atoms with Crippen molar-refractivity contribution in [2.24, 2.45) is 0 Å². The largest absolute Gasteiger partial charge is 0.462 e. The maximum Gasteiger partial charge on any atom is 0.338 e. The van der Waals surface area contributed by atoms with Crippen LogP contribution in [0.15, 0.2) is 67.1 Å². The molecule has 1 aromatic carbocycles. The van der Waals surface area contributed by atoms with E-state index in [1.807, 2.05) is 12.1 Å². The number of hydrogen-bond donors (Lipinski definition) is 2. The molecule has 7 nitrogen and oxygen atoms in total. The van der Waals surface area contributed by atoms with Crippen molar-refractivity contribution in [1.29, 1.82) is 0 Å². The third kappa shape index (κ3) is 5.14. The van der Waals surface area contributed by atoms with Crippen LogP contribution in [0.1, 0.15) is 33.3 Å². The highest BCUT2D eigenvalue weighted by molar-refractivity contribution is 6.03. The number of hydrogen-bond acceptors (Lipinski definition) is 6. The Labute approximate surface area is 162 Å². The van der Waals surface area contributed by atoms with Crippen LogP contribution in [0.5, 0.6) is 0 Å². The quantitative estimate of drug-likeness (QED) is 0.613. The van der Waals surface area contributed by atoms with Crippen LogP contribution < -0.4 is 10.6 Å². The second kappa shape index (κ2) is 9.27. The molecular formula is C21H20N4O3. The van der Waals surface area contributed by atoms with E-state index < -0.39 is 5.97 Å². The van der Waals surface area contributed by atoms with Crippen molar-refractivity contribution in [1.82, 2.24) is 9.97 Å². The molecule has 0 bridgehead atoms. The molecule has 2 heterocycles. The number of aromatic nitrogens is 2. The van der Waals surface area contributed by atoms with Crippen LogP contribution in [-0.2, 0) is 11.3 Å². The van der Waals surface area contributed by atoms with Gasteiger partial charge in [-0.1, -0.05) is 6.07 Å². The molecule has 28 heavy (non-hydrogen) atoms. The summed E-state index contributed by atoms with van der Waals surface area (Å²) in [5, 5.41) is 5.98. The summed E-state index contributed by atoms with van der Waals surface area (Å²) in [6.07, 6.45) is 5.12. The first kappa shape index (κ1) is 19.0. The van der Waals surface area contributed by atoms with E-state index in [0.717, 1.165) is 11.3 Å². The van der Waals surface area contributed by atoms with Crippen molar-refractivity contribution in [2.75, 3.05) is 17.2 Å². The van der Waals surface area contributed by atoms with E-state index in [2.05, 4.69) is 20.6 Å². The van der Waals surface area contributed by atoms with Gasteiger partial charge in [0.05, 0.1) is 24.1 Å². The minimum atomic E-state index is -0.392. The summed E-state index contributed by atoms with van der Waals surface area (Å²) in [4.78, 5) is 32.2. The molecule has 0 saturated carbocycles. The average Bonchev–Trinajstić information content (AvgIpc) is 2.74. The first-order valence-electron chi connectivity index (χ1n) is 8.83. The third-order valence-electron chi connectivity index (χ3n) is 3.87. The van der Waals surface area contributed by atoms with Crippen LogP contribution in [0, 0.1) is 0 Å². The topological polar surface area (TPSA) is 93.2 Å². The lowest BCUT2D eigenvalue weighted by atomic mass is 10.2. The molecule has 0 aliphatic rings. The van der Waals surface area contributed by atoms with Gasteiger partial charge in [-0.15, -0.1) is 0 Å². The monoisotopic (exact) mass is 376 g/mol. The molecule has 3 aromatic rings. The lowest BCUT2D eigenvalue weighted by Crippen LogP contribution is -2.14. The highest BCUT2D eigenvalue weighted by Crippen LogP contribution is 2.13. The standard InChI is InChI=1S/C21H20N4O3/c1-2-28-21(27)16-5-7-17(8-6-16)25-20(26)19-10-9-18(14-24-19)23-13-15-4-3-11-22-12-15/h3-12,14,23H,2,13H2,1H3,(H,25,26). The Morgan fingerprint density at radius 1 is 1.00 bits per heavy atom. The zero-order valence-corrected chi connectivity index (χ0v) is 15.4. The van der Waals surface area contributed by atoms with E-state index >= 15 is 0 Å². The molecule has 0 unspecified atom stereocenters. The highest BCUT2D eigenvalue weighted by atomic mass is 16.5. The highest BCUT2D eigenvalue weighted by Gasteiger charge is 2.10. The van der Waals surface area contributed by atoms with Crippen molar-refractivity contribution in [3.63, 3.8) is 0 Å². The van der Waals surface area contributed by atoms with E-state index in [9.17, 15) is 9.59 Å². The summed E-state index contributed by atoms with van der Waals surface area (Å²) >= 11 is 0. The number of amides is 1. The van der Waals surface area contributed by atoms with Gasteiger partial charge in [-0.3, -0.25) is 9.78 Å². The van der Waals surface area contributed by atoms with Gasteiger partial charge in [0, 0.05) is 24.6 Å². The molecular weight excluding hydrogens is 356 g/mol. The maximum atomic E-state index is 12.3. The van der Waals surface area contributed by atoms with Crippen molar-refractivity contribution in [2.45, 2.75) is 13.5 Å². The normalized spacial score (nSPS) is 10.2. The lowest BCUT2D eigenvalue weighted by molar-refractivity contribution is 0.0526. The molecule has 0 fully saturated rings. The summed E-state index contributed by atoms with van der Waals surface area (Å²) in [5.74, 6) is -0.723.